The number of nitrogens with two attached hydrogens (primary N) is 1. The highest BCUT2D eigenvalue weighted by molar-refractivity contribution is 5.98. The molecule has 2 N–H and O–H groups in total. The van der Waals surface area contributed by atoms with E-state index in [1.807, 2.05) is 0 Å². The second-order valence-corrected chi connectivity index (χ2v) is 2.59. The van der Waals surface area contributed by atoms with Crippen molar-refractivity contribution in [3.05, 3.63) is 35.1 Å². The number of hydrogen-bond donors (Lipinski definition) is 1. The van der Waals surface area contributed by atoms with Crippen LogP contribution in [0, 0.1) is 12.7 Å². The van der Waals surface area contributed by atoms with Gasteiger partial charge in [0.05, 0.1) is 6.54 Å². The maximum absolute atomic E-state index is 12.7. The SMILES string of the molecule is Cc1ccc(F)cc1C(=O)CN. The van der Waals surface area contributed by atoms with Gasteiger partial charge in [0, 0.05) is 5.56 Å². The Morgan fingerprint density at radius 2 is 2.25 bits per heavy atom. The monoisotopic (exact) mass is 167 g/mol. The smallest absolute Gasteiger partial charge is 0.176 e. The molecule has 2 nitrogen and oxygen atoms in total. The molecule has 0 aliphatic rings. The second-order valence-electron chi connectivity index (χ2n) is 2.59. The molecule has 0 aliphatic carbocycles. The van der Waals surface area contributed by atoms with Gasteiger partial charge in [-0.1, -0.05) is 6.07 Å². The molecule has 64 valence electrons. The maximum Gasteiger partial charge on any atom is 0.176 e. The largest absolute Gasteiger partial charge is 0.324 e. The zero-order valence-corrected chi connectivity index (χ0v) is 6.80. The number of benzene rings is 1. The molecule has 1 aromatic rings. The first-order valence-corrected chi connectivity index (χ1v) is 3.64. The molecule has 0 spiro atoms. The summed E-state index contributed by atoms with van der Waals surface area (Å²) in [5.74, 6) is -0.635. The van der Waals surface area contributed by atoms with Crippen LogP contribution in [-0.2, 0) is 0 Å². The van der Waals surface area contributed by atoms with Crippen LogP contribution < -0.4 is 5.73 Å². The van der Waals surface area contributed by atoms with Gasteiger partial charge < -0.3 is 5.73 Å². The van der Waals surface area contributed by atoms with Crippen molar-refractivity contribution in [2.45, 2.75) is 6.92 Å². The first-order valence-electron chi connectivity index (χ1n) is 3.64. The quantitative estimate of drug-likeness (QED) is 0.674. The van der Waals surface area contributed by atoms with Gasteiger partial charge in [-0.3, -0.25) is 4.79 Å². The van der Waals surface area contributed by atoms with E-state index in [0.29, 0.717) is 5.56 Å². The van der Waals surface area contributed by atoms with Crippen molar-refractivity contribution in [2.24, 2.45) is 5.73 Å². The number of hydrogen-bond acceptors (Lipinski definition) is 2. The van der Waals surface area contributed by atoms with Crippen molar-refractivity contribution >= 4 is 5.78 Å². The topological polar surface area (TPSA) is 43.1 Å². The van der Waals surface area contributed by atoms with Crippen molar-refractivity contribution in [2.75, 3.05) is 6.54 Å². The average Bonchev–Trinajstić information content (AvgIpc) is 2.08. The van der Waals surface area contributed by atoms with Gasteiger partial charge in [0.1, 0.15) is 5.82 Å². The number of carbonyl (C=O) groups is 1. The Kier molecular flexibility index (Phi) is 2.55. The number of halogens is 1. The van der Waals surface area contributed by atoms with E-state index in [1.54, 1.807) is 13.0 Å². The normalized spacial score (nSPS) is 9.92. The van der Waals surface area contributed by atoms with Crippen LogP contribution in [0.15, 0.2) is 18.2 Å². The number of carbonyl (C=O) groups excluding carboxylic acids is 1. The highest BCUT2D eigenvalue weighted by Gasteiger charge is 2.07. The van der Waals surface area contributed by atoms with Gasteiger partial charge in [0.25, 0.3) is 0 Å². The third kappa shape index (κ3) is 1.68. The molecule has 0 atom stereocenters. The van der Waals surface area contributed by atoms with Crippen molar-refractivity contribution in [1.29, 1.82) is 0 Å². The molecule has 12 heavy (non-hydrogen) atoms. The van der Waals surface area contributed by atoms with Crippen molar-refractivity contribution in [1.82, 2.24) is 0 Å². The minimum atomic E-state index is -0.405. The lowest BCUT2D eigenvalue weighted by molar-refractivity contribution is 0.100. The number of ketones is 1. The number of aryl methyl sites for hydroxylation is 1. The van der Waals surface area contributed by atoms with E-state index in [1.165, 1.54) is 12.1 Å². The highest BCUT2D eigenvalue weighted by Crippen LogP contribution is 2.10. The lowest BCUT2D eigenvalue weighted by Crippen LogP contribution is -2.14. The molecule has 0 fully saturated rings. The van der Waals surface area contributed by atoms with Crippen LogP contribution in [-0.4, -0.2) is 12.3 Å². The Labute approximate surface area is 70.2 Å². The van der Waals surface area contributed by atoms with Gasteiger partial charge in [-0.05, 0) is 24.6 Å². The Balaban J connectivity index is 3.13. The van der Waals surface area contributed by atoms with Gasteiger partial charge in [0.2, 0.25) is 0 Å². The number of rotatable bonds is 2. The zero-order valence-electron chi connectivity index (χ0n) is 6.80. The van der Waals surface area contributed by atoms with Crippen molar-refractivity contribution in [3.63, 3.8) is 0 Å². The maximum atomic E-state index is 12.7. The van der Waals surface area contributed by atoms with Crippen molar-refractivity contribution in [3.8, 4) is 0 Å². The molecular weight excluding hydrogens is 157 g/mol. The zero-order chi connectivity index (χ0) is 9.14. The van der Waals surface area contributed by atoms with E-state index in [-0.39, 0.29) is 12.3 Å². The fraction of sp³-hybridized carbons (Fsp3) is 0.222. The molecule has 0 radical (unpaired) electrons. The first kappa shape index (κ1) is 8.87. The third-order valence-corrected chi connectivity index (χ3v) is 1.69. The molecule has 0 heterocycles. The van der Waals surface area contributed by atoms with Gasteiger partial charge in [-0.2, -0.15) is 0 Å². The summed E-state index contributed by atoms with van der Waals surface area (Å²) in [6.45, 7) is 1.67. The Bertz CT molecular complexity index is 309. The lowest BCUT2D eigenvalue weighted by atomic mass is 10.0. The molecule has 0 aromatic heterocycles. The predicted octanol–water partition coefficient (Wildman–Crippen LogP) is 1.28. The summed E-state index contributed by atoms with van der Waals surface area (Å²) < 4.78 is 12.7. The molecule has 0 bridgehead atoms. The summed E-state index contributed by atoms with van der Waals surface area (Å²) in [7, 11) is 0. The van der Waals surface area contributed by atoms with Crippen molar-refractivity contribution < 1.29 is 9.18 Å². The summed E-state index contributed by atoms with van der Waals surface area (Å²) >= 11 is 0. The molecule has 0 saturated heterocycles. The molecule has 0 saturated carbocycles. The Hall–Kier alpha value is -1.22. The molecular formula is C9H10FNO. The van der Waals surface area contributed by atoms with E-state index in [2.05, 4.69) is 0 Å². The molecule has 1 rings (SSSR count). The summed E-state index contributed by atoms with van der Waals surface area (Å²) in [6, 6.07) is 4.10. The van der Waals surface area contributed by atoms with E-state index >= 15 is 0 Å². The molecule has 0 amide bonds. The van der Waals surface area contributed by atoms with Crippen LogP contribution in [0.4, 0.5) is 4.39 Å². The van der Waals surface area contributed by atoms with E-state index < -0.39 is 5.82 Å². The van der Waals surface area contributed by atoms with Gasteiger partial charge in [0.15, 0.2) is 5.78 Å². The fourth-order valence-corrected chi connectivity index (χ4v) is 1.00. The van der Waals surface area contributed by atoms with Crippen LogP contribution >= 0.6 is 0 Å². The molecule has 0 unspecified atom stereocenters. The standard InChI is InChI=1S/C9H10FNO/c1-6-2-3-7(10)4-8(6)9(12)5-11/h2-4H,5,11H2,1H3. The first-order chi connectivity index (χ1) is 5.65. The molecule has 0 aliphatic heterocycles. The van der Waals surface area contributed by atoms with Gasteiger partial charge >= 0.3 is 0 Å². The minimum absolute atomic E-state index is 0.0791. The fourth-order valence-electron chi connectivity index (χ4n) is 1.00. The summed E-state index contributed by atoms with van der Waals surface area (Å²) in [4.78, 5) is 11.1. The highest BCUT2D eigenvalue weighted by atomic mass is 19.1. The Morgan fingerprint density at radius 3 is 2.83 bits per heavy atom. The number of Topliss-reactive ketones (excluding diaryl/α,β-unsaturated/α-hetero) is 1. The summed E-state index contributed by atoms with van der Waals surface area (Å²) in [5, 5.41) is 0. The van der Waals surface area contributed by atoms with Crippen LogP contribution in [0.1, 0.15) is 15.9 Å². The van der Waals surface area contributed by atoms with Crippen LogP contribution in [0.5, 0.6) is 0 Å². The lowest BCUT2D eigenvalue weighted by Gasteiger charge is -2.01. The summed E-state index contributed by atoms with van der Waals surface area (Å²) in [5.41, 5.74) is 6.28. The van der Waals surface area contributed by atoms with Gasteiger partial charge in [-0.25, -0.2) is 4.39 Å². The van der Waals surface area contributed by atoms with E-state index in [4.69, 9.17) is 5.73 Å². The predicted molar refractivity (Wildman–Crippen MR) is 44.5 cm³/mol. The van der Waals surface area contributed by atoms with Crippen LogP contribution in [0.3, 0.4) is 0 Å². The third-order valence-electron chi connectivity index (χ3n) is 1.69. The summed E-state index contributed by atoms with van der Waals surface area (Å²) in [6.07, 6.45) is 0. The Morgan fingerprint density at radius 1 is 1.58 bits per heavy atom. The van der Waals surface area contributed by atoms with Crippen LogP contribution in [0.25, 0.3) is 0 Å². The van der Waals surface area contributed by atoms with Crippen LogP contribution in [0.2, 0.25) is 0 Å². The second kappa shape index (κ2) is 3.45. The van der Waals surface area contributed by atoms with E-state index in [9.17, 15) is 9.18 Å². The van der Waals surface area contributed by atoms with E-state index in [0.717, 1.165) is 5.56 Å². The minimum Gasteiger partial charge on any atom is -0.324 e. The molecule has 3 heteroatoms. The van der Waals surface area contributed by atoms with Gasteiger partial charge in [-0.15, -0.1) is 0 Å². The molecule has 1 aromatic carbocycles. The average molecular weight is 167 g/mol.